The third-order valence-corrected chi connectivity index (χ3v) is 2.90. The number of hydrogen-bond donors (Lipinski definition) is 0. The van der Waals surface area contributed by atoms with Crippen LogP contribution in [0.3, 0.4) is 0 Å². The minimum atomic E-state index is 0. The van der Waals surface area contributed by atoms with Gasteiger partial charge in [0.25, 0.3) is 0 Å². The summed E-state index contributed by atoms with van der Waals surface area (Å²) in [6.45, 7) is 8.00. The standard InChI is InChI=1S/C13H19NOS.ClH/c1-3-14(4-2)10-11-15-13(16)12-8-6-5-7-9-12;/h5-9H,3-4,10-11H2,1-2H3;1H. The quantitative estimate of drug-likeness (QED) is 0.739. The molecule has 1 aromatic carbocycles. The molecule has 2 nitrogen and oxygen atoms in total. The molecule has 0 aliphatic heterocycles. The third kappa shape index (κ3) is 6.01. The molecule has 0 heterocycles. The molecule has 0 saturated heterocycles. The number of halogens is 1. The van der Waals surface area contributed by atoms with E-state index in [1.165, 1.54) is 0 Å². The van der Waals surface area contributed by atoms with Crippen LogP contribution in [-0.4, -0.2) is 36.2 Å². The first kappa shape index (κ1) is 16.4. The molecule has 1 aromatic rings. The van der Waals surface area contributed by atoms with Crippen molar-refractivity contribution < 1.29 is 4.74 Å². The van der Waals surface area contributed by atoms with Gasteiger partial charge in [0, 0.05) is 12.1 Å². The zero-order chi connectivity index (χ0) is 11.8. The minimum Gasteiger partial charge on any atom is -0.482 e. The molecule has 0 aromatic heterocycles. The van der Waals surface area contributed by atoms with Crippen molar-refractivity contribution in [2.75, 3.05) is 26.2 Å². The van der Waals surface area contributed by atoms with Crippen molar-refractivity contribution in [1.29, 1.82) is 0 Å². The van der Waals surface area contributed by atoms with E-state index in [2.05, 4.69) is 18.7 Å². The molecule has 0 bridgehead atoms. The molecule has 0 N–H and O–H groups in total. The van der Waals surface area contributed by atoms with E-state index in [0.717, 1.165) is 25.2 Å². The molecule has 0 amide bonds. The monoisotopic (exact) mass is 273 g/mol. The maximum absolute atomic E-state index is 5.55. The van der Waals surface area contributed by atoms with Crippen LogP contribution in [0.15, 0.2) is 30.3 Å². The van der Waals surface area contributed by atoms with Crippen molar-refractivity contribution in [3.8, 4) is 0 Å². The second kappa shape index (κ2) is 9.40. The van der Waals surface area contributed by atoms with Crippen LogP contribution in [0.25, 0.3) is 0 Å². The van der Waals surface area contributed by atoms with Crippen molar-refractivity contribution >= 4 is 29.7 Å². The van der Waals surface area contributed by atoms with Crippen LogP contribution in [0.1, 0.15) is 19.4 Å². The number of rotatable bonds is 6. The molecule has 0 spiro atoms. The average molecular weight is 274 g/mol. The molecule has 1 rings (SSSR count). The van der Waals surface area contributed by atoms with E-state index in [0.29, 0.717) is 11.7 Å². The van der Waals surface area contributed by atoms with E-state index in [1.807, 2.05) is 30.3 Å². The van der Waals surface area contributed by atoms with Gasteiger partial charge in [0.2, 0.25) is 0 Å². The Morgan fingerprint density at radius 3 is 2.29 bits per heavy atom. The molecular formula is C13H20ClNOS. The Bertz CT molecular complexity index is 314. The number of thiocarbonyl (C=S) groups is 1. The highest BCUT2D eigenvalue weighted by atomic mass is 35.5. The van der Waals surface area contributed by atoms with Gasteiger partial charge in [-0.1, -0.05) is 44.2 Å². The van der Waals surface area contributed by atoms with E-state index in [1.54, 1.807) is 0 Å². The van der Waals surface area contributed by atoms with Crippen LogP contribution in [0.2, 0.25) is 0 Å². The van der Waals surface area contributed by atoms with E-state index < -0.39 is 0 Å². The normalized spacial score (nSPS) is 9.82. The maximum Gasteiger partial charge on any atom is 0.191 e. The van der Waals surface area contributed by atoms with Gasteiger partial charge >= 0.3 is 0 Å². The lowest BCUT2D eigenvalue weighted by atomic mass is 10.2. The van der Waals surface area contributed by atoms with Crippen LogP contribution in [0, 0.1) is 0 Å². The van der Waals surface area contributed by atoms with Crippen molar-refractivity contribution in [3.05, 3.63) is 35.9 Å². The summed E-state index contributed by atoms with van der Waals surface area (Å²) < 4.78 is 5.55. The second-order valence-corrected chi connectivity index (χ2v) is 3.90. The number of likely N-dealkylation sites (N-methyl/N-ethyl adjacent to an activating group) is 1. The molecular weight excluding hydrogens is 254 g/mol. The fourth-order valence-electron chi connectivity index (χ4n) is 1.46. The highest BCUT2D eigenvalue weighted by Gasteiger charge is 2.03. The predicted molar refractivity (Wildman–Crippen MR) is 79.1 cm³/mol. The molecule has 4 heteroatoms. The molecule has 0 fully saturated rings. The van der Waals surface area contributed by atoms with Gasteiger partial charge in [0.15, 0.2) is 5.05 Å². The molecule has 0 radical (unpaired) electrons. The zero-order valence-corrected chi connectivity index (χ0v) is 12.0. The second-order valence-electron chi connectivity index (χ2n) is 3.53. The summed E-state index contributed by atoms with van der Waals surface area (Å²) in [7, 11) is 0. The van der Waals surface area contributed by atoms with Gasteiger partial charge < -0.3 is 9.64 Å². The van der Waals surface area contributed by atoms with Crippen LogP contribution < -0.4 is 0 Å². The molecule has 17 heavy (non-hydrogen) atoms. The molecule has 0 aliphatic carbocycles. The van der Waals surface area contributed by atoms with Crippen LogP contribution in [-0.2, 0) is 4.74 Å². The van der Waals surface area contributed by atoms with E-state index in [4.69, 9.17) is 17.0 Å². The lowest BCUT2D eigenvalue weighted by Gasteiger charge is -2.18. The van der Waals surface area contributed by atoms with Gasteiger partial charge in [-0.05, 0) is 25.3 Å². The summed E-state index contributed by atoms with van der Waals surface area (Å²) in [5.41, 5.74) is 0.983. The van der Waals surface area contributed by atoms with Gasteiger partial charge in [0.1, 0.15) is 6.61 Å². The van der Waals surface area contributed by atoms with Crippen molar-refractivity contribution in [2.24, 2.45) is 0 Å². The molecule has 0 aliphatic rings. The Balaban J connectivity index is 0.00000256. The highest BCUT2D eigenvalue weighted by Crippen LogP contribution is 2.02. The fraction of sp³-hybridized carbons (Fsp3) is 0.462. The maximum atomic E-state index is 5.55. The predicted octanol–water partition coefficient (Wildman–Crippen LogP) is 3.14. The number of hydrogen-bond acceptors (Lipinski definition) is 3. The number of benzene rings is 1. The first-order valence-electron chi connectivity index (χ1n) is 5.72. The molecule has 96 valence electrons. The van der Waals surface area contributed by atoms with Gasteiger partial charge in [-0.2, -0.15) is 0 Å². The largest absolute Gasteiger partial charge is 0.482 e. The van der Waals surface area contributed by atoms with Crippen molar-refractivity contribution in [1.82, 2.24) is 4.90 Å². The van der Waals surface area contributed by atoms with Crippen LogP contribution in [0.4, 0.5) is 0 Å². The average Bonchev–Trinajstić information content (AvgIpc) is 2.35. The number of nitrogens with zero attached hydrogens (tertiary/aromatic N) is 1. The van der Waals surface area contributed by atoms with Crippen LogP contribution >= 0.6 is 24.6 Å². The summed E-state index contributed by atoms with van der Waals surface area (Å²) in [6.07, 6.45) is 0. The highest BCUT2D eigenvalue weighted by molar-refractivity contribution is 7.80. The molecule has 0 atom stereocenters. The minimum absolute atomic E-state index is 0. The van der Waals surface area contributed by atoms with Gasteiger partial charge in [-0.25, -0.2) is 0 Å². The zero-order valence-electron chi connectivity index (χ0n) is 10.4. The Kier molecular flexibility index (Phi) is 9.04. The van der Waals surface area contributed by atoms with Gasteiger partial charge in [0.05, 0.1) is 0 Å². The van der Waals surface area contributed by atoms with Gasteiger partial charge in [-0.3, -0.25) is 0 Å². The fourth-order valence-corrected chi connectivity index (χ4v) is 1.68. The van der Waals surface area contributed by atoms with E-state index >= 15 is 0 Å². The van der Waals surface area contributed by atoms with Crippen molar-refractivity contribution in [2.45, 2.75) is 13.8 Å². The lowest BCUT2D eigenvalue weighted by Crippen LogP contribution is -2.27. The lowest BCUT2D eigenvalue weighted by molar-refractivity contribution is 0.219. The Labute approximate surface area is 115 Å². The number of ether oxygens (including phenoxy) is 1. The van der Waals surface area contributed by atoms with Crippen molar-refractivity contribution in [3.63, 3.8) is 0 Å². The SMILES string of the molecule is CCN(CC)CCOC(=S)c1ccccc1.Cl. The first-order chi connectivity index (χ1) is 7.77. The summed E-state index contributed by atoms with van der Waals surface area (Å²) >= 11 is 5.20. The first-order valence-corrected chi connectivity index (χ1v) is 6.13. The van der Waals surface area contributed by atoms with E-state index in [9.17, 15) is 0 Å². The topological polar surface area (TPSA) is 12.5 Å². The summed E-state index contributed by atoms with van der Waals surface area (Å²) in [4.78, 5) is 2.31. The molecule has 0 unspecified atom stereocenters. The van der Waals surface area contributed by atoms with Crippen LogP contribution in [0.5, 0.6) is 0 Å². The van der Waals surface area contributed by atoms with Gasteiger partial charge in [-0.15, -0.1) is 12.4 Å². The Morgan fingerprint density at radius 1 is 1.18 bits per heavy atom. The Morgan fingerprint density at radius 2 is 1.76 bits per heavy atom. The Hall–Kier alpha value is -0.640. The smallest absolute Gasteiger partial charge is 0.191 e. The molecule has 0 saturated carbocycles. The summed E-state index contributed by atoms with van der Waals surface area (Å²) in [6, 6.07) is 9.85. The summed E-state index contributed by atoms with van der Waals surface area (Å²) in [5, 5.41) is 0.591. The third-order valence-electron chi connectivity index (χ3n) is 2.54. The summed E-state index contributed by atoms with van der Waals surface area (Å²) in [5.74, 6) is 0. The van der Waals surface area contributed by atoms with E-state index in [-0.39, 0.29) is 12.4 Å².